The van der Waals surface area contributed by atoms with Crippen LogP contribution in [0.5, 0.6) is 0 Å². The molecule has 2 N–H and O–H groups in total. The molecular weight excluding hydrogens is 652 g/mol. The second-order valence-electron chi connectivity index (χ2n) is 12.1. The Balaban J connectivity index is 1.34. The number of fused-ring (bicyclic) bond motifs is 2. The van der Waals surface area contributed by atoms with Crippen LogP contribution in [0, 0.1) is 5.82 Å². The summed E-state index contributed by atoms with van der Waals surface area (Å²) in [5, 5.41) is 6.56. The lowest BCUT2D eigenvalue weighted by atomic mass is 10.0. The lowest BCUT2D eigenvalue weighted by Gasteiger charge is -2.29. The molecule has 7 aromatic rings. The van der Waals surface area contributed by atoms with E-state index in [4.69, 9.17) is 0 Å². The molecule has 0 fully saturated rings. The highest BCUT2D eigenvalue weighted by atomic mass is 32.2. The number of amides is 1. The Morgan fingerprint density at radius 3 is 2.26 bits per heavy atom. The van der Waals surface area contributed by atoms with Crippen molar-refractivity contribution in [1.82, 2.24) is 20.3 Å². The van der Waals surface area contributed by atoms with Gasteiger partial charge in [0.05, 0.1) is 40.6 Å². The predicted octanol–water partition coefficient (Wildman–Crippen LogP) is 8.07. The molecule has 0 bridgehead atoms. The highest BCUT2D eigenvalue weighted by Crippen LogP contribution is 2.38. The summed E-state index contributed by atoms with van der Waals surface area (Å²) in [7, 11) is 3.86. The molecule has 2 heterocycles. The van der Waals surface area contributed by atoms with Crippen LogP contribution in [0.3, 0.4) is 0 Å². The number of imidazole rings is 1. The van der Waals surface area contributed by atoms with Gasteiger partial charge in [-0.1, -0.05) is 60.7 Å². The minimum Gasteiger partial charge on any atom is -0.755 e. The fourth-order valence-corrected chi connectivity index (χ4v) is 6.69. The molecule has 50 heavy (non-hydrogen) atoms. The van der Waals surface area contributed by atoms with E-state index in [0.29, 0.717) is 34.0 Å². The van der Waals surface area contributed by atoms with Crippen LogP contribution in [0.4, 0.5) is 21.5 Å². The highest BCUT2D eigenvalue weighted by Gasteiger charge is 2.21. The first-order valence-corrected chi connectivity index (χ1v) is 16.9. The number of H-pyrrole nitrogens is 1. The molecule has 2 atom stereocenters. The van der Waals surface area contributed by atoms with Gasteiger partial charge in [0, 0.05) is 53.3 Å². The van der Waals surface area contributed by atoms with Gasteiger partial charge in [0.25, 0.3) is 5.91 Å². The van der Waals surface area contributed by atoms with Gasteiger partial charge >= 0.3 is 0 Å². The maximum Gasteiger partial charge on any atom is 0.251 e. The number of pyridine rings is 1. The molecule has 2 aromatic heterocycles. The van der Waals surface area contributed by atoms with Crippen LogP contribution in [-0.2, 0) is 11.3 Å². The SMILES string of the molecule is CC(NC(=O)c1cc(-c2cnc(-c3cc4ccccc4cn3)[nH]2)cc(N(c2cccc3c(N(C)C)cccc23)S(=O)[O-])c1)c1ccc(F)cc1. The van der Waals surface area contributed by atoms with Gasteiger partial charge in [-0.05, 0) is 66.4 Å². The Morgan fingerprint density at radius 1 is 0.840 bits per heavy atom. The zero-order valence-corrected chi connectivity index (χ0v) is 28.2. The van der Waals surface area contributed by atoms with E-state index in [0.717, 1.165) is 27.2 Å². The quantitative estimate of drug-likeness (QED) is 0.149. The van der Waals surface area contributed by atoms with Gasteiger partial charge in [-0.2, -0.15) is 0 Å². The lowest BCUT2D eigenvalue weighted by molar-refractivity contribution is 0.0940. The highest BCUT2D eigenvalue weighted by molar-refractivity contribution is 7.81. The minimum absolute atomic E-state index is 0.219. The number of carbonyl (C=O) groups is 1. The van der Waals surface area contributed by atoms with Gasteiger partial charge in [-0.15, -0.1) is 0 Å². The molecule has 250 valence electrons. The minimum atomic E-state index is -2.78. The number of rotatable bonds is 9. The van der Waals surface area contributed by atoms with Crippen molar-refractivity contribution in [3.63, 3.8) is 0 Å². The largest absolute Gasteiger partial charge is 0.755 e. The Hall–Kier alpha value is -5.91. The third-order valence-corrected chi connectivity index (χ3v) is 9.32. The number of aromatic nitrogens is 3. The fourth-order valence-electron chi connectivity index (χ4n) is 6.09. The van der Waals surface area contributed by atoms with Crippen molar-refractivity contribution in [3.05, 3.63) is 139 Å². The number of nitrogens with zero attached hydrogens (tertiary/aromatic N) is 4. The monoisotopic (exact) mass is 683 g/mol. The van der Waals surface area contributed by atoms with Crippen LogP contribution in [0.15, 0.2) is 122 Å². The second-order valence-corrected chi connectivity index (χ2v) is 12.9. The van der Waals surface area contributed by atoms with E-state index in [9.17, 15) is 17.9 Å². The molecule has 11 heteroatoms. The average molecular weight is 684 g/mol. The summed E-state index contributed by atoms with van der Waals surface area (Å²) < 4.78 is 41.0. The number of hydrogen-bond donors (Lipinski definition) is 2. The number of benzene rings is 5. The molecular formula is C39H32FN6O3S-. The Kier molecular flexibility index (Phi) is 8.83. The fraction of sp³-hybridized carbons (Fsp3) is 0.103. The van der Waals surface area contributed by atoms with E-state index in [1.165, 1.54) is 16.4 Å². The summed E-state index contributed by atoms with van der Waals surface area (Å²) >= 11 is -2.78. The van der Waals surface area contributed by atoms with Gasteiger partial charge < -0.3 is 19.8 Å². The number of aromatic amines is 1. The number of nitrogens with one attached hydrogen (secondary N) is 2. The van der Waals surface area contributed by atoms with Crippen LogP contribution < -0.4 is 14.5 Å². The Bertz CT molecular complexity index is 2390. The number of halogens is 1. The average Bonchev–Trinajstić information content (AvgIpc) is 3.62. The van der Waals surface area contributed by atoms with E-state index in [2.05, 4.69) is 20.3 Å². The summed E-state index contributed by atoms with van der Waals surface area (Å²) in [5.74, 6) is -0.300. The molecule has 0 saturated heterocycles. The van der Waals surface area contributed by atoms with Crippen LogP contribution >= 0.6 is 0 Å². The van der Waals surface area contributed by atoms with Crippen molar-refractivity contribution >= 4 is 55.8 Å². The molecule has 0 radical (unpaired) electrons. The zero-order chi connectivity index (χ0) is 34.9. The topological polar surface area (TPSA) is 117 Å². The Labute approximate surface area is 290 Å². The van der Waals surface area contributed by atoms with E-state index in [1.807, 2.05) is 79.7 Å². The van der Waals surface area contributed by atoms with Crippen LogP contribution in [-0.4, -0.2) is 43.7 Å². The molecule has 2 unspecified atom stereocenters. The van der Waals surface area contributed by atoms with E-state index in [1.54, 1.807) is 55.7 Å². The molecule has 7 rings (SSSR count). The van der Waals surface area contributed by atoms with Crippen molar-refractivity contribution in [2.45, 2.75) is 13.0 Å². The van der Waals surface area contributed by atoms with Gasteiger partial charge in [0.2, 0.25) is 0 Å². The van der Waals surface area contributed by atoms with Crippen molar-refractivity contribution in [2.75, 3.05) is 23.3 Å². The van der Waals surface area contributed by atoms with Gasteiger partial charge in [-0.25, -0.2) is 9.37 Å². The number of carbonyl (C=O) groups excluding carboxylic acids is 1. The first-order chi connectivity index (χ1) is 24.2. The summed E-state index contributed by atoms with van der Waals surface area (Å²) in [6, 6.07) is 31.4. The molecule has 0 saturated carbocycles. The van der Waals surface area contributed by atoms with Crippen molar-refractivity contribution in [2.24, 2.45) is 0 Å². The third-order valence-electron chi connectivity index (χ3n) is 8.62. The normalized spacial score (nSPS) is 12.5. The second kappa shape index (κ2) is 13.5. The maximum atomic E-state index is 13.8. The molecule has 0 spiro atoms. The third kappa shape index (κ3) is 6.43. The van der Waals surface area contributed by atoms with E-state index < -0.39 is 23.2 Å². The first-order valence-electron chi connectivity index (χ1n) is 15.9. The summed E-state index contributed by atoms with van der Waals surface area (Å²) in [6.45, 7) is 1.80. The zero-order valence-electron chi connectivity index (χ0n) is 27.4. The van der Waals surface area contributed by atoms with Gasteiger partial charge in [0.1, 0.15) is 11.5 Å². The first kappa shape index (κ1) is 32.6. The number of anilines is 3. The molecule has 1 amide bonds. The maximum absolute atomic E-state index is 13.8. The van der Waals surface area contributed by atoms with E-state index >= 15 is 0 Å². The lowest BCUT2D eigenvalue weighted by Crippen LogP contribution is -2.27. The molecule has 0 aliphatic rings. The van der Waals surface area contributed by atoms with Crippen LogP contribution in [0.25, 0.3) is 44.3 Å². The molecule has 9 nitrogen and oxygen atoms in total. The number of hydrogen-bond acceptors (Lipinski definition) is 6. The molecule has 0 aliphatic carbocycles. The summed E-state index contributed by atoms with van der Waals surface area (Å²) in [4.78, 5) is 28.3. The van der Waals surface area contributed by atoms with Gasteiger partial charge in [-0.3, -0.25) is 18.3 Å². The van der Waals surface area contributed by atoms with Crippen molar-refractivity contribution in [3.8, 4) is 22.8 Å². The molecule has 5 aromatic carbocycles. The van der Waals surface area contributed by atoms with Gasteiger partial charge in [0.15, 0.2) is 5.82 Å². The van der Waals surface area contributed by atoms with Crippen molar-refractivity contribution < 1.29 is 17.9 Å². The molecule has 0 aliphatic heterocycles. The summed E-state index contributed by atoms with van der Waals surface area (Å²) in [5.41, 5.74) is 4.26. The predicted molar refractivity (Wildman–Crippen MR) is 196 cm³/mol. The van der Waals surface area contributed by atoms with Crippen LogP contribution in [0.1, 0.15) is 28.9 Å². The van der Waals surface area contributed by atoms with E-state index in [-0.39, 0.29) is 17.1 Å². The summed E-state index contributed by atoms with van der Waals surface area (Å²) in [6.07, 6.45) is 3.42. The van der Waals surface area contributed by atoms with Crippen LogP contribution in [0.2, 0.25) is 0 Å². The standard InChI is InChI=1S/C39H33FN6O3S/c1-24(25-14-16-30(40)17-15-25)43-39(47)29-18-28(35-23-42-38(44-35)34-21-26-8-4-5-9-27(26)22-41-34)19-31(20-29)46(50(48)49)37-13-7-10-32-33(37)11-6-12-36(32)45(2)3/h4-24H,1-3H3,(H,42,44)(H,43,47)(H,48,49)/p-1. The smallest absolute Gasteiger partial charge is 0.251 e. The van der Waals surface area contributed by atoms with Crippen molar-refractivity contribution in [1.29, 1.82) is 0 Å². The Morgan fingerprint density at radius 2 is 1.54 bits per heavy atom.